The van der Waals surface area contributed by atoms with E-state index in [4.69, 9.17) is 4.74 Å². The summed E-state index contributed by atoms with van der Waals surface area (Å²) >= 11 is 1.37. The van der Waals surface area contributed by atoms with Crippen LogP contribution in [0.25, 0.3) is 10.2 Å². The van der Waals surface area contributed by atoms with Crippen LogP contribution in [0.2, 0.25) is 0 Å². The number of thiazole rings is 1. The van der Waals surface area contributed by atoms with E-state index in [0.717, 1.165) is 10.2 Å². The summed E-state index contributed by atoms with van der Waals surface area (Å²) in [5, 5.41) is 3.09. The molecule has 2 heterocycles. The van der Waals surface area contributed by atoms with Crippen LogP contribution in [0.1, 0.15) is 0 Å². The number of pyridine rings is 1. The van der Waals surface area contributed by atoms with E-state index < -0.39 is 6.09 Å². The van der Waals surface area contributed by atoms with Gasteiger partial charge in [-0.15, -0.1) is 0 Å². The molecule has 0 bridgehead atoms. The first-order valence-corrected chi connectivity index (χ1v) is 6.37. The third-order valence-corrected chi connectivity index (χ3v) is 3.30. The highest BCUT2D eigenvalue weighted by Gasteiger charge is 2.09. The van der Waals surface area contributed by atoms with Crippen LogP contribution >= 0.6 is 11.3 Å². The van der Waals surface area contributed by atoms with Crippen molar-refractivity contribution >= 4 is 32.8 Å². The predicted molar refractivity (Wildman–Crippen MR) is 73.5 cm³/mol. The van der Waals surface area contributed by atoms with Crippen LogP contribution in [-0.4, -0.2) is 16.1 Å². The number of amides is 1. The molecular formula is C13H9N3O2S. The van der Waals surface area contributed by atoms with Crippen molar-refractivity contribution < 1.29 is 9.53 Å². The quantitative estimate of drug-likeness (QED) is 0.776. The zero-order valence-corrected chi connectivity index (χ0v) is 10.6. The summed E-state index contributed by atoms with van der Waals surface area (Å²) < 4.78 is 6.08. The number of para-hydroxylation sites is 1. The van der Waals surface area contributed by atoms with Crippen LogP contribution in [0.3, 0.4) is 0 Å². The van der Waals surface area contributed by atoms with Gasteiger partial charge in [0.25, 0.3) is 0 Å². The molecule has 0 aliphatic carbocycles. The highest BCUT2D eigenvalue weighted by atomic mass is 32.1. The van der Waals surface area contributed by atoms with Gasteiger partial charge in [-0.2, -0.15) is 0 Å². The van der Waals surface area contributed by atoms with Gasteiger partial charge in [-0.1, -0.05) is 29.5 Å². The molecule has 0 spiro atoms. The fourth-order valence-electron chi connectivity index (χ4n) is 1.54. The highest BCUT2D eigenvalue weighted by Crippen LogP contribution is 2.24. The van der Waals surface area contributed by atoms with Crippen molar-refractivity contribution in [3.63, 3.8) is 0 Å². The molecule has 94 valence electrons. The Morgan fingerprint density at radius 3 is 2.84 bits per heavy atom. The normalized spacial score (nSPS) is 10.3. The number of anilines is 1. The van der Waals surface area contributed by atoms with Gasteiger partial charge in [-0.25, -0.2) is 9.78 Å². The lowest BCUT2D eigenvalue weighted by Gasteiger charge is -2.03. The summed E-state index contributed by atoms with van der Waals surface area (Å²) in [5.74, 6) is 0.489. The minimum absolute atomic E-state index is 0.489. The first kappa shape index (κ1) is 11.6. The number of nitrogens with one attached hydrogen (secondary N) is 1. The molecule has 2 aromatic heterocycles. The van der Waals surface area contributed by atoms with Gasteiger partial charge in [0, 0.05) is 6.20 Å². The van der Waals surface area contributed by atoms with E-state index in [2.05, 4.69) is 15.3 Å². The number of nitrogens with zero attached hydrogens (tertiary/aromatic N) is 2. The van der Waals surface area contributed by atoms with E-state index in [9.17, 15) is 4.79 Å². The predicted octanol–water partition coefficient (Wildman–Crippen LogP) is 3.30. The van der Waals surface area contributed by atoms with E-state index in [1.165, 1.54) is 11.3 Å². The van der Waals surface area contributed by atoms with Gasteiger partial charge in [-0.3, -0.25) is 10.3 Å². The van der Waals surface area contributed by atoms with Crippen LogP contribution < -0.4 is 10.1 Å². The van der Waals surface area contributed by atoms with Crippen molar-refractivity contribution in [2.75, 3.05) is 5.32 Å². The molecular weight excluding hydrogens is 262 g/mol. The molecule has 1 N–H and O–H groups in total. The molecule has 3 aromatic rings. The Balaban J connectivity index is 1.72. The Hall–Kier alpha value is -2.47. The average Bonchev–Trinajstić information content (AvgIpc) is 2.81. The summed E-state index contributed by atoms with van der Waals surface area (Å²) in [6.07, 6.45) is 2.78. The van der Waals surface area contributed by atoms with Gasteiger partial charge in [0.2, 0.25) is 0 Å². The summed E-state index contributed by atoms with van der Waals surface area (Å²) in [5.41, 5.74) is 0.752. The molecule has 1 amide bonds. The van der Waals surface area contributed by atoms with E-state index in [-0.39, 0.29) is 0 Å². The molecule has 0 aliphatic rings. The Labute approximate surface area is 112 Å². The third-order valence-electron chi connectivity index (χ3n) is 2.35. The highest BCUT2D eigenvalue weighted by molar-refractivity contribution is 7.22. The van der Waals surface area contributed by atoms with Crippen LogP contribution in [-0.2, 0) is 0 Å². The maximum Gasteiger partial charge on any atom is 0.418 e. The van der Waals surface area contributed by atoms with Crippen molar-refractivity contribution in [3.8, 4) is 5.75 Å². The van der Waals surface area contributed by atoms with E-state index in [1.807, 2.05) is 12.1 Å². The zero-order chi connectivity index (χ0) is 13.1. The molecule has 0 fully saturated rings. The second kappa shape index (κ2) is 5.03. The lowest BCUT2D eigenvalue weighted by Crippen LogP contribution is -2.16. The van der Waals surface area contributed by atoms with Gasteiger partial charge in [0.15, 0.2) is 5.13 Å². The van der Waals surface area contributed by atoms with Crippen LogP contribution in [0.4, 0.5) is 9.93 Å². The fourth-order valence-corrected chi connectivity index (χ4v) is 2.36. The zero-order valence-electron chi connectivity index (χ0n) is 9.74. The van der Waals surface area contributed by atoms with E-state index in [1.54, 1.807) is 36.7 Å². The molecule has 19 heavy (non-hydrogen) atoms. The number of carbonyl (C=O) groups excluding carboxylic acids is 1. The second-order valence-corrected chi connectivity index (χ2v) is 4.72. The van der Waals surface area contributed by atoms with Crippen molar-refractivity contribution in [1.82, 2.24) is 9.97 Å². The number of benzene rings is 1. The Morgan fingerprint density at radius 2 is 2.05 bits per heavy atom. The number of ether oxygens (including phenoxy) is 1. The van der Waals surface area contributed by atoms with Crippen LogP contribution in [0, 0.1) is 0 Å². The SMILES string of the molecule is O=C(Nc1nc2cnccc2s1)Oc1ccccc1. The molecule has 6 heteroatoms. The summed E-state index contributed by atoms with van der Waals surface area (Å²) in [6.45, 7) is 0. The fraction of sp³-hybridized carbons (Fsp3) is 0. The van der Waals surface area contributed by atoms with Gasteiger partial charge >= 0.3 is 6.09 Å². The first-order valence-electron chi connectivity index (χ1n) is 5.56. The number of hydrogen-bond donors (Lipinski definition) is 1. The third kappa shape index (κ3) is 2.69. The second-order valence-electron chi connectivity index (χ2n) is 3.69. The molecule has 3 rings (SSSR count). The molecule has 0 saturated carbocycles. The smallest absolute Gasteiger partial charge is 0.410 e. The Kier molecular flexibility index (Phi) is 3.07. The maximum atomic E-state index is 11.7. The summed E-state index contributed by atoms with van der Waals surface area (Å²) in [4.78, 5) is 19.9. The minimum atomic E-state index is -0.557. The molecule has 0 atom stereocenters. The number of fused-ring (bicyclic) bond motifs is 1. The standard InChI is InChI=1S/C13H9N3O2S/c17-13(18-9-4-2-1-3-5-9)16-12-15-10-8-14-7-6-11(10)19-12/h1-8H,(H,15,16,17). The van der Waals surface area contributed by atoms with Gasteiger partial charge in [0.05, 0.1) is 10.9 Å². The lowest BCUT2D eigenvalue weighted by molar-refractivity contribution is 0.215. The average molecular weight is 271 g/mol. The minimum Gasteiger partial charge on any atom is -0.410 e. The topological polar surface area (TPSA) is 64.1 Å². The number of carbonyl (C=O) groups is 1. The first-order chi connectivity index (χ1) is 9.31. The number of aromatic nitrogens is 2. The lowest BCUT2D eigenvalue weighted by atomic mass is 10.3. The van der Waals surface area contributed by atoms with Gasteiger partial charge in [-0.05, 0) is 18.2 Å². The van der Waals surface area contributed by atoms with Crippen LogP contribution in [0.5, 0.6) is 5.75 Å². The van der Waals surface area contributed by atoms with Crippen molar-refractivity contribution in [2.45, 2.75) is 0 Å². The number of rotatable bonds is 2. The molecule has 1 aromatic carbocycles. The van der Waals surface area contributed by atoms with E-state index in [0.29, 0.717) is 10.9 Å². The van der Waals surface area contributed by atoms with Crippen molar-refractivity contribution in [3.05, 3.63) is 48.8 Å². The molecule has 5 nitrogen and oxygen atoms in total. The molecule has 0 radical (unpaired) electrons. The molecule has 0 unspecified atom stereocenters. The Morgan fingerprint density at radius 1 is 1.21 bits per heavy atom. The molecule has 0 saturated heterocycles. The van der Waals surface area contributed by atoms with E-state index >= 15 is 0 Å². The van der Waals surface area contributed by atoms with Gasteiger partial charge in [0.1, 0.15) is 11.3 Å². The Bertz CT molecular complexity index is 679. The van der Waals surface area contributed by atoms with Crippen molar-refractivity contribution in [2.24, 2.45) is 0 Å². The monoisotopic (exact) mass is 271 g/mol. The molecule has 0 aliphatic heterocycles. The summed E-state index contributed by atoms with van der Waals surface area (Å²) in [6, 6.07) is 10.7. The summed E-state index contributed by atoms with van der Waals surface area (Å²) in [7, 11) is 0. The largest absolute Gasteiger partial charge is 0.418 e. The number of hydrogen-bond acceptors (Lipinski definition) is 5. The van der Waals surface area contributed by atoms with Crippen molar-refractivity contribution in [1.29, 1.82) is 0 Å². The maximum absolute atomic E-state index is 11.7. The van der Waals surface area contributed by atoms with Gasteiger partial charge < -0.3 is 4.74 Å². The van der Waals surface area contributed by atoms with Crippen LogP contribution in [0.15, 0.2) is 48.8 Å².